The lowest BCUT2D eigenvalue weighted by molar-refractivity contribution is 0.620. The van der Waals surface area contributed by atoms with Crippen molar-refractivity contribution in [2.45, 2.75) is 19.3 Å². The van der Waals surface area contributed by atoms with Crippen LogP contribution in [0.15, 0.2) is 108 Å². The number of fused-ring (bicyclic) bond motifs is 7. The van der Waals surface area contributed by atoms with Crippen LogP contribution in [-0.4, -0.2) is 39.2 Å². The summed E-state index contributed by atoms with van der Waals surface area (Å²) in [6.45, 7) is 4.61. The third-order valence-corrected chi connectivity index (χ3v) is 11.1. The molecule has 0 amide bonds. The van der Waals surface area contributed by atoms with Gasteiger partial charge in [-0.2, -0.15) is 0 Å². The molecule has 216 valence electrons. The van der Waals surface area contributed by atoms with Crippen molar-refractivity contribution < 1.29 is 4.42 Å². The van der Waals surface area contributed by atoms with Crippen molar-refractivity contribution in [3.63, 3.8) is 0 Å². The van der Waals surface area contributed by atoms with Gasteiger partial charge < -0.3 is 4.42 Å². The molecule has 10 rings (SSSR count). The van der Waals surface area contributed by atoms with E-state index in [1.54, 1.807) is 0 Å². The van der Waals surface area contributed by atoms with E-state index in [9.17, 15) is 0 Å². The Hall–Kier alpha value is -5.08. The van der Waals surface area contributed by atoms with E-state index in [4.69, 9.17) is 43.6 Å². The fourth-order valence-electron chi connectivity index (χ4n) is 8.74. The molecule has 1 aliphatic rings. The molecule has 8 aromatic carbocycles. The highest BCUT2D eigenvalue weighted by Crippen LogP contribution is 2.55. The zero-order chi connectivity index (χ0) is 33.5. The standard InChI is InChI=1S/C43H23B5O/c1-43(2)30-9-5-3-7-23(30)29-19-28(34-27-8-4-6-10-31(27)49-42(34)36(29)43)22-15-11-20-13-17-25-26(18-14-21-12-16-24(22)32(20)33(21)25)35-37(44)39(46)41(48)40(47)38(35)45/h3-19H,1-2H3. The molecule has 0 saturated carbocycles. The van der Waals surface area contributed by atoms with Gasteiger partial charge in [-0.25, -0.2) is 0 Å². The lowest BCUT2D eigenvalue weighted by Gasteiger charge is -2.23. The molecular weight excluding hydrogens is 587 g/mol. The quantitative estimate of drug-likeness (QED) is 0.171. The Labute approximate surface area is 291 Å². The number of benzene rings is 8. The van der Waals surface area contributed by atoms with E-state index in [0.717, 1.165) is 65.6 Å². The summed E-state index contributed by atoms with van der Waals surface area (Å²) in [4.78, 5) is 0. The highest BCUT2D eigenvalue weighted by molar-refractivity contribution is 6.69. The van der Waals surface area contributed by atoms with E-state index in [-0.39, 0.29) is 21.8 Å². The normalized spacial score (nSPS) is 13.7. The van der Waals surface area contributed by atoms with Gasteiger partial charge in [-0.05, 0) is 83.4 Å². The van der Waals surface area contributed by atoms with Gasteiger partial charge in [0.05, 0.1) is 0 Å². The van der Waals surface area contributed by atoms with Crippen LogP contribution < -0.4 is 27.3 Å². The lowest BCUT2D eigenvalue weighted by atomic mass is 9.59. The summed E-state index contributed by atoms with van der Waals surface area (Å²) >= 11 is 0. The molecule has 1 heterocycles. The third-order valence-electron chi connectivity index (χ3n) is 11.1. The van der Waals surface area contributed by atoms with E-state index in [2.05, 4.69) is 105 Å². The summed E-state index contributed by atoms with van der Waals surface area (Å²) in [5.41, 5.74) is 11.8. The topological polar surface area (TPSA) is 13.1 Å². The molecule has 0 spiro atoms. The first-order valence-electron chi connectivity index (χ1n) is 16.5. The molecule has 1 aromatic heterocycles. The Bertz CT molecular complexity index is 2890. The number of hydrogen-bond acceptors (Lipinski definition) is 1. The van der Waals surface area contributed by atoms with Crippen LogP contribution >= 0.6 is 0 Å². The van der Waals surface area contributed by atoms with Gasteiger partial charge in [-0.1, -0.05) is 116 Å². The van der Waals surface area contributed by atoms with E-state index >= 15 is 0 Å². The predicted octanol–water partition coefficient (Wildman–Crippen LogP) is 6.09. The maximum Gasteiger partial charge on any atom is 0.140 e. The molecule has 0 saturated heterocycles. The van der Waals surface area contributed by atoms with Crippen LogP contribution in [0.5, 0.6) is 0 Å². The molecule has 49 heavy (non-hydrogen) atoms. The SMILES string of the molecule is [B]c1c([B])c([B])c(-c2ccc3ccc4c(-c5cc6c(c7oc8ccccc8c57)C(C)(C)c5ccccc5-6)ccc5ccc2c3c54)c([B])c1[B]. The van der Waals surface area contributed by atoms with Crippen molar-refractivity contribution in [1.82, 2.24) is 0 Å². The molecule has 10 radical (unpaired) electrons. The fraction of sp³-hybridized carbons (Fsp3) is 0.0698. The van der Waals surface area contributed by atoms with Crippen molar-refractivity contribution in [3.05, 3.63) is 114 Å². The Kier molecular flexibility index (Phi) is 5.75. The first-order valence-corrected chi connectivity index (χ1v) is 16.5. The van der Waals surface area contributed by atoms with Crippen LogP contribution in [0.4, 0.5) is 0 Å². The molecule has 6 heteroatoms. The zero-order valence-electron chi connectivity index (χ0n) is 27.1. The van der Waals surface area contributed by atoms with Crippen LogP contribution in [0.2, 0.25) is 0 Å². The summed E-state index contributed by atoms with van der Waals surface area (Å²) in [6, 6.07) is 36.9. The minimum absolute atomic E-state index is 0.208. The van der Waals surface area contributed by atoms with Gasteiger partial charge in [0.1, 0.15) is 50.4 Å². The van der Waals surface area contributed by atoms with E-state index in [1.807, 2.05) is 12.1 Å². The zero-order valence-corrected chi connectivity index (χ0v) is 27.1. The Balaban J connectivity index is 1.33. The second-order valence-corrected chi connectivity index (χ2v) is 13.9. The van der Waals surface area contributed by atoms with Crippen LogP contribution in [-0.2, 0) is 5.41 Å². The van der Waals surface area contributed by atoms with E-state index in [0.29, 0.717) is 16.5 Å². The second-order valence-electron chi connectivity index (χ2n) is 13.9. The number of rotatable bonds is 2. The Morgan fingerprint density at radius 1 is 0.469 bits per heavy atom. The van der Waals surface area contributed by atoms with Crippen LogP contribution in [0.3, 0.4) is 0 Å². The maximum atomic E-state index is 6.81. The largest absolute Gasteiger partial charge is 0.456 e. The molecule has 1 nitrogen and oxygen atoms in total. The fourth-order valence-corrected chi connectivity index (χ4v) is 8.74. The molecule has 0 fully saturated rings. The smallest absolute Gasteiger partial charge is 0.140 e. The van der Waals surface area contributed by atoms with Crippen LogP contribution in [0.1, 0.15) is 25.0 Å². The van der Waals surface area contributed by atoms with E-state index in [1.165, 1.54) is 27.6 Å². The Morgan fingerprint density at radius 3 is 1.76 bits per heavy atom. The summed E-state index contributed by atoms with van der Waals surface area (Å²) in [7, 11) is 32.0. The Morgan fingerprint density at radius 2 is 1.04 bits per heavy atom. The van der Waals surface area contributed by atoms with Gasteiger partial charge in [0, 0.05) is 21.8 Å². The number of furan rings is 1. The van der Waals surface area contributed by atoms with Gasteiger partial charge in [0.2, 0.25) is 0 Å². The van der Waals surface area contributed by atoms with Gasteiger partial charge in [0.15, 0.2) is 0 Å². The minimum Gasteiger partial charge on any atom is -0.456 e. The van der Waals surface area contributed by atoms with Gasteiger partial charge >= 0.3 is 0 Å². The average Bonchev–Trinajstić information content (AvgIpc) is 3.61. The van der Waals surface area contributed by atoms with Crippen molar-refractivity contribution >= 4 is 121 Å². The molecule has 1 aliphatic carbocycles. The highest BCUT2D eigenvalue weighted by atomic mass is 16.3. The van der Waals surface area contributed by atoms with Crippen LogP contribution in [0, 0.1) is 0 Å². The first-order chi connectivity index (χ1) is 23.7. The third kappa shape index (κ3) is 3.62. The summed E-state index contributed by atoms with van der Waals surface area (Å²) in [5, 5.41) is 8.98. The number of hydrogen-bond donors (Lipinski definition) is 0. The average molecular weight is 610 g/mol. The summed E-state index contributed by atoms with van der Waals surface area (Å²) < 4.78 is 6.81. The number of para-hydroxylation sites is 1. The molecule has 0 N–H and O–H groups in total. The molecule has 0 atom stereocenters. The monoisotopic (exact) mass is 610 g/mol. The van der Waals surface area contributed by atoms with Crippen molar-refractivity contribution in [3.8, 4) is 33.4 Å². The molecule has 0 unspecified atom stereocenters. The van der Waals surface area contributed by atoms with Gasteiger partial charge in [-0.15, -0.1) is 16.4 Å². The van der Waals surface area contributed by atoms with Crippen molar-refractivity contribution in [2.75, 3.05) is 0 Å². The first kappa shape index (κ1) is 28.9. The van der Waals surface area contributed by atoms with Crippen molar-refractivity contribution in [2.24, 2.45) is 0 Å². The van der Waals surface area contributed by atoms with Crippen LogP contribution in [0.25, 0.3) is 87.6 Å². The molecule has 9 aromatic rings. The van der Waals surface area contributed by atoms with E-state index < -0.39 is 0 Å². The molecule has 0 bridgehead atoms. The van der Waals surface area contributed by atoms with Gasteiger partial charge in [-0.3, -0.25) is 0 Å². The minimum atomic E-state index is -0.214. The maximum absolute atomic E-state index is 6.81. The van der Waals surface area contributed by atoms with Crippen molar-refractivity contribution in [1.29, 1.82) is 0 Å². The molecular formula is C43H23B5O. The lowest BCUT2D eigenvalue weighted by Crippen LogP contribution is -2.55. The summed E-state index contributed by atoms with van der Waals surface area (Å²) in [6.07, 6.45) is 0. The highest BCUT2D eigenvalue weighted by Gasteiger charge is 2.39. The van der Waals surface area contributed by atoms with Gasteiger partial charge in [0.25, 0.3) is 0 Å². The second kappa shape index (κ2) is 9.76. The molecule has 0 aliphatic heterocycles. The summed E-state index contributed by atoms with van der Waals surface area (Å²) in [5.74, 6) is 0. The predicted molar refractivity (Wildman–Crippen MR) is 213 cm³/mol.